The highest BCUT2D eigenvalue weighted by molar-refractivity contribution is 7.89. The summed E-state index contributed by atoms with van der Waals surface area (Å²) in [5.74, 6) is 0.711. The Morgan fingerprint density at radius 1 is 1.21 bits per heavy atom. The van der Waals surface area contributed by atoms with Crippen molar-refractivity contribution in [2.75, 3.05) is 19.7 Å². The number of thiazole rings is 1. The Labute approximate surface area is 227 Å². The molecule has 1 aliphatic heterocycles. The molecule has 9 nitrogen and oxygen atoms in total. The molecule has 0 unspecified atom stereocenters. The Bertz CT molecular complexity index is 1300. The molecule has 0 spiro atoms. The summed E-state index contributed by atoms with van der Waals surface area (Å²) in [5.41, 5.74) is 3.38. The number of aliphatic hydroxyl groups excluding tert-OH is 1. The standard InChI is InChI=1S/C27H33N3O6S2/c1-19(2)15-30(38(33,34)23-8-9-26-21(13-23)10-11-35-26)16-25(31)24(12-20-6-4-3-5-7-20)29-27(32)36-17-22-14-28-18-37-22/h3-9,13-14,18-19,24-25,31H,10-12,15-17H2,1-2H3,(H,29,32)/t24-,25+/m0/s1. The number of carbonyl (C=O) groups excluding carboxylic acids is 1. The number of amides is 1. The van der Waals surface area contributed by atoms with Crippen molar-refractivity contribution in [3.05, 3.63) is 76.2 Å². The molecule has 1 aliphatic rings. The van der Waals surface area contributed by atoms with E-state index in [9.17, 15) is 18.3 Å². The Kier molecular flexibility index (Phi) is 9.37. The molecule has 2 aromatic carbocycles. The molecule has 0 bridgehead atoms. The van der Waals surface area contributed by atoms with Crippen LogP contribution in [0.2, 0.25) is 0 Å². The average Bonchev–Trinajstić information content (AvgIpc) is 3.58. The predicted octanol–water partition coefficient (Wildman–Crippen LogP) is 3.62. The molecular weight excluding hydrogens is 526 g/mol. The minimum Gasteiger partial charge on any atom is -0.493 e. The van der Waals surface area contributed by atoms with Gasteiger partial charge in [-0.2, -0.15) is 4.31 Å². The molecule has 4 rings (SSSR count). The zero-order valence-electron chi connectivity index (χ0n) is 21.4. The van der Waals surface area contributed by atoms with Gasteiger partial charge in [-0.1, -0.05) is 44.2 Å². The van der Waals surface area contributed by atoms with E-state index in [1.165, 1.54) is 21.7 Å². The van der Waals surface area contributed by atoms with Crippen molar-refractivity contribution < 1.29 is 27.8 Å². The monoisotopic (exact) mass is 559 g/mol. The number of hydrogen-bond donors (Lipinski definition) is 2. The van der Waals surface area contributed by atoms with Crippen molar-refractivity contribution in [1.82, 2.24) is 14.6 Å². The van der Waals surface area contributed by atoms with Crippen LogP contribution in [0, 0.1) is 5.92 Å². The van der Waals surface area contributed by atoms with E-state index in [1.54, 1.807) is 23.8 Å². The minimum atomic E-state index is -3.92. The second-order valence-electron chi connectivity index (χ2n) is 9.64. The van der Waals surface area contributed by atoms with E-state index in [-0.39, 0.29) is 30.5 Å². The number of aromatic nitrogens is 1. The van der Waals surface area contributed by atoms with Crippen molar-refractivity contribution in [2.24, 2.45) is 5.92 Å². The lowest BCUT2D eigenvalue weighted by Crippen LogP contribution is -2.51. The molecule has 11 heteroatoms. The van der Waals surface area contributed by atoms with E-state index >= 15 is 0 Å². The summed E-state index contributed by atoms with van der Waals surface area (Å²) in [6.45, 7) is 4.44. The van der Waals surface area contributed by atoms with E-state index in [0.717, 1.165) is 16.0 Å². The number of carbonyl (C=O) groups is 1. The molecule has 3 aromatic rings. The van der Waals surface area contributed by atoms with Crippen LogP contribution in [0.5, 0.6) is 5.75 Å². The summed E-state index contributed by atoms with van der Waals surface area (Å²) in [5, 5.41) is 14.1. The summed E-state index contributed by atoms with van der Waals surface area (Å²) in [7, 11) is -3.92. The lowest BCUT2D eigenvalue weighted by Gasteiger charge is -2.30. The second-order valence-corrected chi connectivity index (χ2v) is 12.5. The summed E-state index contributed by atoms with van der Waals surface area (Å²) in [6, 6.07) is 13.5. The number of rotatable bonds is 12. The van der Waals surface area contributed by atoms with E-state index < -0.39 is 28.3 Å². The highest BCUT2D eigenvalue weighted by atomic mass is 32.2. The Morgan fingerprint density at radius 3 is 2.71 bits per heavy atom. The quantitative estimate of drug-likeness (QED) is 0.348. The highest BCUT2D eigenvalue weighted by Gasteiger charge is 2.32. The molecule has 0 fully saturated rings. The van der Waals surface area contributed by atoms with Gasteiger partial charge in [0.2, 0.25) is 10.0 Å². The van der Waals surface area contributed by atoms with Crippen LogP contribution in [0.1, 0.15) is 29.9 Å². The van der Waals surface area contributed by atoms with Crippen LogP contribution in [0.3, 0.4) is 0 Å². The van der Waals surface area contributed by atoms with Crippen molar-refractivity contribution >= 4 is 27.5 Å². The predicted molar refractivity (Wildman–Crippen MR) is 145 cm³/mol. The van der Waals surface area contributed by atoms with E-state index in [2.05, 4.69) is 10.3 Å². The molecule has 0 aliphatic carbocycles. The van der Waals surface area contributed by atoms with Crippen LogP contribution < -0.4 is 10.1 Å². The molecular formula is C27H33N3O6S2. The molecule has 2 N–H and O–H groups in total. The topological polar surface area (TPSA) is 118 Å². The van der Waals surface area contributed by atoms with Crippen LogP contribution in [0.15, 0.2) is 65.1 Å². The van der Waals surface area contributed by atoms with Gasteiger partial charge in [0.15, 0.2) is 0 Å². The molecule has 1 amide bonds. The molecule has 0 radical (unpaired) electrons. The summed E-state index contributed by atoms with van der Waals surface area (Å²) < 4.78 is 39.5. The number of alkyl carbamates (subject to hydrolysis) is 1. The van der Waals surface area contributed by atoms with Gasteiger partial charge in [0, 0.05) is 25.7 Å². The lowest BCUT2D eigenvalue weighted by molar-refractivity contribution is 0.0876. The largest absolute Gasteiger partial charge is 0.493 e. The minimum absolute atomic E-state index is 0.0136. The summed E-state index contributed by atoms with van der Waals surface area (Å²) in [6.07, 6.45) is 0.669. The fourth-order valence-corrected chi connectivity index (χ4v) is 6.46. The number of nitrogens with one attached hydrogen (secondary N) is 1. The zero-order valence-corrected chi connectivity index (χ0v) is 23.1. The molecule has 2 atom stereocenters. The summed E-state index contributed by atoms with van der Waals surface area (Å²) in [4.78, 5) is 17.5. The lowest BCUT2D eigenvalue weighted by atomic mass is 10.0. The van der Waals surface area contributed by atoms with Gasteiger partial charge in [0.05, 0.1) is 34.0 Å². The molecule has 0 saturated carbocycles. The SMILES string of the molecule is CC(C)CN(C[C@@H](O)[C@H](Cc1ccccc1)NC(=O)OCc1cncs1)S(=O)(=O)c1ccc2c(c1)CCO2. The molecule has 2 heterocycles. The first-order chi connectivity index (χ1) is 18.2. The third kappa shape index (κ3) is 7.31. The van der Waals surface area contributed by atoms with Crippen LogP contribution in [0.25, 0.3) is 0 Å². The molecule has 204 valence electrons. The Balaban J connectivity index is 1.52. The maximum absolute atomic E-state index is 13.7. The second kappa shape index (κ2) is 12.7. The molecule has 38 heavy (non-hydrogen) atoms. The van der Waals surface area contributed by atoms with Gasteiger partial charge in [-0.15, -0.1) is 11.3 Å². The van der Waals surface area contributed by atoms with E-state index in [1.807, 2.05) is 44.2 Å². The van der Waals surface area contributed by atoms with Crippen LogP contribution in [0.4, 0.5) is 4.79 Å². The third-order valence-electron chi connectivity index (χ3n) is 6.15. The smallest absolute Gasteiger partial charge is 0.407 e. The van der Waals surface area contributed by atoms with E-state index in [0.29, 0.717) is 25.2 Å². The van der Waals surface area contributed by atoms with E-state index in [4.69, 9.17) is 9.47 Å². The van der Waals surface area contributed by atoms with Gasteiger partial charge >= 0.3 is 6.09 Å². The Morgan fingerprint density at radius 2 is 2.00 bits per heavy atom. The van der Waals surface area contributed by atoms with Gasteiger partial charge in [-0.3, -0.25) is 4.98 Å². The number of hydrogen-bond acceptors (Lipinski definition) is 8. The normalized spacial score (nSPS) is 14.7. The van der Waals surface area contributed by atoms with Crippen molar-refractivity contribution in [3.8, 4) is 5.75 Å². The molecule has 1 aromatic heterocycles. The zero-order chi connectivity index (χ0) is 27.1. The van der Waals surface area contributed by atoms with Crippen molar-refractivity contribution in [3.63, 3.8) is 0 Å². The fourth-order valence-electron chi connectivity index (χ4n) is 4.28. The number of ether oxygens (including phenoxy) is 2. The Hall–Kier alpha value is -2.99. The first kappa shape index (κ1) is 28.0. The summed E-state index contributed by atoms with van der Waals surface area (Å²) >= 11 is 1.37. The first-order valence-electron chi connectivity index (χ1n) is 12.5. The van der Waals surface area contributed by atoms with Gasteiger partial charge in [0.1, 0.15) is 12.4 Å². The number of fused-ring (bicyclic) bond motifs is 1. The van der Waals surface area contributed by atoms with Crippen LogP contribution in [-0.2, 0) is 34.2 Å². The number of sulfonamides is 1. The number of benzene rings is 2. The van der Waals surface area contributed by atoms with Crippen LogP contribution in [-0.4, -0.2) is 60.7 Å². The van der Waals surface area contributed by atoms with Gasteiger partial charge in [0.25, 0.3) is 0 Å². The first-order valence-corrected chi connectivity index (χ1v) is 14.8. The van der Waals surface area contributed by atoms with Gasteiger partial charge in [-0.05, 0) is 41.7 Å². The van der Waals surface area contributed by atoms with Crippen molar-refractivity contribution in [2.45, 2.75) is 50.3 Å². The van der Waals surface area contributed by atoms with Crippen LogP contribution >= 0.6 is 11.3 Å². The average molecular weight is 560 g/mol. The maximum Gasteiger partial charge on any atom is 0.407 e. The number of aliphatic hydroxyl groups is 1. The van der Waals surface area contributed by atoms with Crippen molar-refractivity contribution in [1.29, 1.82) is 0 Å². The molecule has 0 saturated heterocycles. The maximum atomic E-state index is 13.7. The van der Waals surface area contributed by atoms with Gasteiger partial charge < -0.3 is 19.9 Å². The third-order valence-corrected chi connectivity index (χ3v) is 8.73. The highest BCUT2D eigenvalue weighted by Crippen LogP contribution is 2.29. The number of nitrogens with zero attached hydrogens (tertiary/aromatic N) is 2. The van der Waals surface area contributed by atoms with Gasteiger partial charge in [-0.25, -0.2) is 13.2 Å². The fraction of sp³-hybridized carbons (Fsp3) is 0.407.